The van der Waals surface area contributed by atoms with E-state index in [0.717, 1.165) is 25.3 Å². The molecule has 0 fully saturated rings. The van der Waals surface area contributed by atoms with Crippen molar-refractivity contribution in [3.05, 3.63) is 29.3 Å². The molecule has 19 heavy (non-hydrogen) atoms. The molecule has 0 saturated heterocycles. The molecule has 4 heteroatoms. The van der Waals surface area contributed by atoms with E-state index in [4.69, 9.17) is 4.74 Å². The number of nitrogens with one attached hydrogen (secondary N) is 1. The molecule has 0 radical (unpaired) electrons. The molecule has 0 aliphatic carbocycles. The fourth-order valence-corrected chi connectivity index (χ4v) is 2.70. The van der Waals surface area contributed by atoms with Gasteiger partial charge in [0, 0.05) is 47.4 Å². The van der Waals surface area contributed by atoms with Crippen molar-refractivity contribution in [3.63, 3.8) is 0 Å². The average Bonchev–Trinajstić information content (AvgIpc) is 2.63. The van der Waals surface area contributed by atoms with Gasteiger partial charge in [0.25, 0.3) is 0 Å². The molecular formula is C15H23NO2S. The molecular weight excluding hydrogens is 258 g/mol. The molecule has 0 aromatic heterocycles. The number of para-hydroxylation sites is 1. The molecule has 0 amide bonds. The smallest absolute Gasteiger partial charge is 0.127 e. The van der Waals surface area contributed by atoms with Crippen LogP contribution in [0.15, 0.2) is 18.2 Å². The number of fused-ring (bicyclic) bond motifs is 1. The zero-order valence-electron chi connectivity index (χ0n) is 12.2. The summed E-state index contributed by atoms with van der Waals surface area (Å²) in [6.45, 7) is 7.76. The van der Waals surface area contributed by atoms with Crippen LogP contribution in [0.1, 0.15) is 31.9 Å². The van der Waals surface area contributed by atoms with Gasteiger partial charge in [0.15, 0.2) is 0 Å². The molecule has 0 bridgehead atoms. The Labute approximate surface area is 118 Å². The molecule has 2 unspecified atom stereocenters. The minimum absolute atomic E-state index is 0.101. The van der Waals surface area contributed by atoms with Gasteiger partial charge in [0.05, 0.1) is 0 Å². The minimum atomic E-state index is -0.774. The second-order valence-corrected chi connectivity index (χ2v) is 7.69. The molecule has 1 aliphatic heterocycles. The lowest BCUT2D eigenvalue weighted by atomic mass is 10.0. The lowest BCUT2D eigenvalue weighted by Gasteiger charge is -2.18. The Hall–Kier alpha value is -0.870. The summed E-state index contributed by atoms with van der Waals surface area (Å²) in [7, 11) is -0.774. The maximum Gasteiger partial charge on any atom is 0.127 e. The van der Waals surface area contributed by atoms with Crippen LogP contribution < -0.4 is 10.1 Å². The van der Waals surface area contributed by atoms with Crippen molar-refractivity contribution >= 4 is 10.8 Å². The SMILES string of the molecule is CC(CNCc1cccc2c1OC(C)(C)C2)S(C)=O. The highest BCUT2D eigenvalue weighted by Gasteiger charge is 2.31. The first kappa shape index (κ1) is 14.5. The average molecular weight is 281 g/mol. The van der Waals surface area contributed by atoms with Crippen molar-refractivity contribution in [3.8, 4) is 5.75 Å². The third-order valence-corrected chi connectivity index (χ3v) is 4.79. The first-order chi connectivity index (χ1) is 8.89. The van der Waals surface area contributed by atoms with Crippen molar-refractivity contribution in [1.82, 2.24) is 5.32 Å². The molecule has 1 N–H and O–H groups in total. The fraction of sp³-hybridized carbons (Fsp3) is 0.600. The van der Waals surface area contributed by atoms with Crippen LogP contribution in [0.5, 0.6) is 5.75 Å². The first-order valence-electron chi connectivity index (χ1n) is 6.72. The van der Waals surface area contributed by atoms with Crippen LogP contribution in [0.2, 0.25) is 0 Å². The topological polar surface area (TPSA) is 38.3 Å². The summed E-state index contributed by atoms with van der Waals surface area (Å²) in [4.78, 5) is 0. The van der Waals surface area contributed by atoms with Crippen molar-refractivity contribution < 1.29 is 8.95 Å². The summed E-state index contributed by atoms with van der Waals surface area (Å²) < 4.78 is 17.3. The number of hydrogen-bond acceptors (Lipinski definition) is 3. The highest BCUT2D eigenvalue weighted by molar-refractivity contribution is 7.84. The second-order valence-electron chi connectivity index (χ2n) is 5.88. The number of rotatable bonds is 5. The molecule has 1 aromatic rings. The summed E-state index contributed by atoms with van der Waals surface area (Å²) in [6.07, 6.45) is 2.71. The first-order valence-corrected chi connectivity index (χ1v) is 8.34. The van der Waals surface area contributed by atoms with E-state index in [-0.39, 0.29) is 10.9 Å². The van der Waals surface area contributed by atoms with E-state index in [0.29, 0.717) is 0 Å². The standard InChI is InChI=1S/C15H23NO2S/c1-11(19(4)17)9-16-10-13-7-5-6-12-8-15(2,3)18-14(12)13/h5-7,11,16H,8-10H2,1-4H3. The van der Waals surface area contributed by atoms with Gasteiger partial charge < -0.3 is 10.1 Å². The third-order valence-electron chi connectivity index (χ3n) is 3.49. The minimum Gasteiger partial charge on any atom is -0.487 e. The predicted octanol–water partition coefficient (Wildman–Crippen LogP) is 2.26. The summed E-state index contributed by atoms with van der Waals surface area (Å²) in [5, 5.41) is 3.54. The van der Waals surface area contributed by atoms with Gasteiger partial charge in [-0.1, -0.05) is 18.2 Å². The number of ether oxygens (including phenoxy) is 1. The maximum atomic E-state index is 11.3. The molecule has 0 saturated carbocycles. The zero-order valence-corrected chi connectivity index (χ0v) is 13.0. The van der Waals surface area contributed by atoms with Gasteiger partial charge in [-0.3, -0.25) is 4.21 Å². The van der Waals surface area contributed by atoms with Crippen LogP contribution in [0, 0.1) is 0 Å². The highest BCUT2D eigenvalue weighted by Crippen LogP contribution is 2.37. The van der Waals surface area contributed by atoms with Crippen molar-refractivity contribution in [1.29, 1.82) is 0 Å². The molecule has 3 nitrogen and oxygen atoms in total. The van der Waals surface area contributed by atoms with Gasteiger partial charge in [0.2, 0.25) is 0 Å². The molecule has 106 valence electrons. The normalized spacial score (nSPS) is 19.6. The van der Waals surface area contributed by atoms with Gasteiger partial charge in [0.1, 0.15) is 11.4 Å². The lowest BCUT2D eigenvalue weighted by molar-refractivity contribution is 0.137. The van der Waals surface area contributed by atoms with Crippen molar-refractivity contribution in [2.24, 2.45) is 0 Å². The summed E-state index contributed by atoms with van der Waals surface area (Å²) in [5.41, 5.74) is 2.38. The Balaban J connectivity index is 2.00. The van der Waals surface area contributed by atoms with E-state index in [2.05, 4.69) is 37.4 Å². The van der Waals surface area contributed by atoms with E-state index in [1.807, 2.05) is 6.92 Å². The van der Waals surface area contributed by atoms with Gasteiger partial charge >= 0.3 is 0 Å². The third kappa shape index (κ3) is 3.57. The monoisotopic (exact) mass is 281 g/mol. The Morgan fingerprint density at radius 1 is 1.47 bits per heavy atom. The Bertz CT molecular complexity index is 485. The second kappa shape index (κ2) is 5.63. The molecule has 1 aromatic carbocycles. The van der Waals surface area contributed by atoms with E-state index in [1.54, 1.807) is 6.26 Å². The van der Waals surface area contributed by atoms with E-state index >= 15 is 0 Å². The van der Waals surface area contributed by atoms with Gasteiger partial charge in [-0.15, -0.1) is 0 Å². The van der Waals surface area contributed by atoms with Crippen LogP contribution in [-0.4, -0.2) is 27.9 Å². The maximum absolute atomic E-state index is 11.3. The van der Waals surface area contributed by atoms with Crippen LogP contribution >= 0.6 is 0 Å². The summed E-state index contributed by atoms with van der Waals surface area (Å²) in [6, 6.07) is 6.32. The fourth-order valence-electron chi connectivity index (χ4n) is 2.35. The van der Waals surface area contributed by atoms with E-state index in [1.165, 1.54) is 11.1 Å². The molecule has 1 aliphatic rings. The van der Waals surface area contributed by atoms with Gasteiger partial charge in [-0.05, 0) is 26.3 Å². The summed E-state index contributed by atoms with van der Waals surface area (Å²) in [5.74, 6) is 1.03. The zero-order chi connectivity index (χ0) is 14.0. The Morgan fingerprint density at radius 3 is 2.89 bits per heavy atom. The predicted molar refractivity (Wildman–Crippen MR) is 80.1 cm³/mol. The molecule has 2 atom stereocenters. The van der Waals surface area contributed by atoms with Crippen LogP contribution in [0.25, 0.3) is 0 Å². The van der Waals surface area contributed by atoms with Gasteiger partial charge in [-0.2, -0.15) is 0 Å². The Kier molecular flexibility index (Phi) is 4.31. The number of hydrogen-bond donors (Lipinski definition) is 1. The van der Waals surface area contributed by atoms with Crippen molar-refractivity contribution in [2.75, 3.05) is 12.8 Å². The largest absolute Gasteiger partial charge is 0.487 e. The molecule has 1 heterocycles. The van der Waals surface area contributed by atoms with Crippen LogP contribution in [0.3, 0.4) is 0 Å². The van der Waals surface area contributed by atoms with Gasteiger partial charge in [-0.25, -0.2) is 0 Å². The quantitative estimate of drug-likeness (QED) is 0.899. The Morgan fingerprint density at radius 2 is 2.21 bits per heavy atom. The summed E-state index contributed by atoms with van der Waals surface area (Å²) >= 11 is 0. The van der Waals surface area contributed by atoms with Crippen molar-refractivity contribution in [2.45, 2.75) is 44.6 Å². The van der Waals surface area contributed by atoms with E-state index < -0.39 is 10.8 Å². The molecule has 2 rings (SSSR count). The van der Waals surface area contributed by atoms with Crippen LogP contribution in [-0.2, 0) is 23.8 Å². The van der Waals surface area contributed by atoms with E-state index in [9.17, 15) is 4.21 Å². The number of benzene rings is 1. The van der Waals surface area contributed by atoms with Crippen LogP contribution in [0.4, 0.5) is 0 Å². The molecule has 0 spiro atoms. The highest BCUT2D eigenvalue weighted by atomic mass is 32.2. The lowest BCUT2D eigenvalue weighted by Crippen LogP contribution is -2.27.